The van der Waals surface area contributed by atoms with Crippen LogP contribution >= 0.6 is 0 Å². The molecule has 0 radical (unpaired) electrons. The molecule has 2 fully saturated rings. The predicted octanol–water partition coefficient (Wildman–Crippen LogP) is 3.25. The SMILES string of the molecule is CC(C)CN(C[C@@H](O)[C@H](Cc1ccccc1)N(C(=O)O)C1CO[C@@H]2OCCC[C@H]12)S(=O)(=O)c1ccc(C=NO)cc1. The largest absolute Gasteiger partial charge is 0.465 e. The summed E-state index contributed by atoms with van der Waals surface area (Å²) >= 11 is 0. The lowest BCUT2D eigenvalue weighted by atomic mass is 9.90. The summed E-state index contributed by atoms with van der Waals surface area (Å²) in [6.07, 6.45) is -0.152. The third kappa shape index (κ3) is 7.44. The molecule has 0 spiro atoms. The summed E-state index contributed by atoms with van der Waals surface area (Å²) in [6.45, 7) is 4.25. The van der Waals surface area contributed by atoms with Crippen LogP contribution in [0.5, 0.6) is 0 Å². The molecule has 0 saturated carbocycles. The number of fused-ring (bicyclic) bond motifs is 1. The van der Waals surface area contributed by atoms with Crippen LogP contribution < -0.4 is 0 Å². The van der Waals surface area contributed by atoms with E-state index in [1.807, 2.05) is 44.2 Å². The maximum absolute atomic E-state index is 13.8. The van der Waals surface area contributed by atoms with Gasteiger partial charge in [0.1, 0.15) is 0 Å². The number of carboxylic acid groups (broad SMARTS) is 1. The second-order valence-electron chi connectivity index (χ2n) is 11.0. The van der Waals surface area contributed by atoms with E-state index in [4.69, 9.17) is 14.7 Å². The van der Waals surface area contributed by atoms with Gasteiger partial charge in [-0.05, 0) is 48.4 Å². The molecule has 41 heavy (non-hydrogen) atoms. The first kappa shape index (κ1) is 30.9. The molecule has 2 aromatic rings. The Morgan fingerprint density at radius 3 is 2.44 bits per heavy atom. The number of aliphatic hydroxyl groups excluding tert-OH is 1. The molecule has 1 amide bonds. The van der Waals surface area contributed by atoms with Crippen molar-refractivity contribution < 1.29 is 38.1 Å². The van der Waals surface area contributed by atoms with Crippen LogP contribution in [0.1, 0.15) is 37.8 Å². The zero-order chi connectivity index (χ0) is 29.6. The Morgan fingerprint density at radius 2 is 1.80 bits per heavy atom. The summed E-state index contributed by atoms with van der Waals surface area (Å²) in [5.41, 5.74) is 1.34. The van der Waals surface area contributed by atoms with Gasteiger partial charge >= 0.3 is 6.09 Å². The molecular weight excluding hydrogens is 550 g/mol. The van der Waals surface area contributed by atoms with E-state index in [1.165, 1.54) is 39.7 Å². The van der Waals surface area contributed by atoms with Gasteiger partial charge in [-0.1, -0.05) is 61.5 Å². The van der Waals surface area contributed by atoms with Gasteiger partial charge in [0, 0.05) is 25.6 Å². The molecule has 224 valence electrons. The van der Waals surface area contributed by atoms with Crippen molar-refractivity contribution in [2.24, 2.45) is 17.0 Å². The Labute approximate surface area is 241 Å². The van der Waals surface area contributed by atoms with Crippen molar-refractivity contribution >= 4 is 22.3 Å². The standard InChI is InChI=1S/C29H39N3O8S/c1-20(2)17-31(41(37,38)23-12-10-22(11-13-23)16-30-36)18-27(33)25(15-21-7-4-3-5-8-21)32(29(34)35)26-19-40-28-24(26)9-6-14-39-28/h3-5,7-8,10-13,16,20,24-28,33,36H,6,9,14-15,17-19H2,1-2H3,(H,34,35)/t24-,25+,26?,27-,28+/m1/s1. The van der Waals surface area contributed by atoms with Crippen LogP contribution in [-0.4, -0.2) is 96.1 Å². The zero-order valence-corrected chi connectivity index (χ0v) is 24.1. The highest BCUT2D eigenvalue weighted by molar-refractivity contribution is 7.89. The molecule has 4 rings (SSSR count). The van der Waals surface area contributed by atoms with E-state index >= 15 is 0 Å². The van der Waals surface area contributed by atoms with Gasteiger partial charge in [0.05, 0.1) is 35.9 Å². The summed E-state index contributed by atoms with van der Waals surface area (Å²) in [5, 5.41) is 33.9. The second-order valence-corrected chi connectivity index (χ2v) is 12.9. The fourth-order valence-corrected chi connectivity index (χ4v) is 7.30. The van der Waals surface area contributed by atoms with Crippen molar-refractivity contribution in [3.63, 3.8) is 0 Å². The van der Waals surface area contributed by atoms with Gasteiger partial charge < -0.3 is 24.9 Å². The number of carbonyl (C=O) groups is 1. The number of oxime groups is 1. The lowest BCUT2D eigenvalue weighted by Gasteiger charge is -2.41. The number of hydrogen-bond acceptors (Lipinski definition) is 8. The van der Waals surface area contributed by atoms with Crippen LogP contribution in [0, 0.1) is 11.8 Å². The van der Waals surface area contributed by atoms with Crippen molar-refractivity contribution in [3.8, 4) is 0 Å². The van der Waals surface area contributed by atoms with Crippen molar-refractivity contribution in [2.75, 3.05) is 26.3 Å². The highest BCUT2D eigenvalue weighted by Crippen LogP contribution is 2.35. The number of ether oxygens (including phenoxy) is 2. The van der Waals surface area contributed by atoms with Gasteiger partial charge in [-0.15, -0.1) is 0 Å². The van der Waals surface area contributed by atoms with E-state index in [0.29, 0.717) is 12.2 Å². The molecule has 2 aliphatic rings. The lowest BCUT2D eigenvalue weighted by molar-refractivity contribution is -0.151. The summed E-state index contributed by atoms with van der Waals surface area (Å²) in [4.78, 5) is 14.1. The number of benzene rings is 2. The van der Waals surface area contributed by atoms with Crippen LogP contribution in [0.3, 0.4) is 0 Å². The third-order valence-corrected chi connectivity index (χ3v) is 9.44. The predicted molar refractivity (Wildman–Crippen MR) is 151 cm³/mol. The first-order valence-electron chi connectivity index (χ1n) is 13.9. The Morgan fingerprint density at radius 1 is 1.10 bits per heavy atom. The molecular formula is C29H39N3O8S. The fourth-order valence-electron chi connectivity index (χ4n) is 5.68. The first-order chi connectivity index (χ1) is 19.6. The van der Waals surface area contributed by atoms with Crippen molar-refractivity contribution in [1.82, 2.24) is 9.21 Å². The molecule has 2 saturated heterocycles. The lowest BCUT2D eigenvalue weighted by Crippen LogP contribution is -2.58. The Hall–Kier alpha value is -3.03. The fraction of sp³-hybridized carbons (Fsp3) is 0.517. The van der Waals surface area contributed by atoms with E-state index in [-0.39, 0.29) is 42.8 Å². The summed E-state index contributed by atoms with van der Waals surface area (Å²) in [5.74, 6) is -0.244. The molecule has 2 aromatic carbocycles. The van der Waals surface area contributed by atoms with Gasteiger partial charge in [-0.3, -0.25) is 4.90 Å². The van der Waals surface area contributed by atoms with E-state index in [1.54, 1.807) is 0 Å². The Kier molecular flexibility index (Phi) is 10.4. The van der Waals surface area contributed by atoms with E-state index in [2.05, 4.69) is 5.16 Å². The van der Waals surface area contributed by atoms with Gasteiger partial charge in [-0.25, -0.2) is 13.2 Å². The number of amides is 1. The molecule has 1 unspecified atom stereocenters. The van der Waals surface area contributed by atoms with Crippen LogP contribution in [-0.2, 0) is 25.9 Å². The van der Waals surface area contributed by atoms with Crippen molar-refractivity contribution in [1.29, 1.82) is 0 Å². The molecule has 12 heteroatoms. The van der Waals surface area contributed by atoms with Crippen LogP contribution in [0.15, 0.2) is 64.6 Å². The summed E-state index contributed by atoms with van der Waals surface area (Å²) in [7, 11) is -4.06. The molecule has 2 aliphatic heterocycles. The van der Waals surface area contributed by atoms with Gasteiger partial charge in [0.25, 0.3) is 0 Å². The molecule has 3 N–H and O–H groups in total. The minimum Gasteiger partial charge on any atom is -0.465 e. The van der Waals surface area contributed by atoms with E-state index in [0.717, 1.165) is 18.4 Å². The highest BCUT2D eigenvalue weighted by atomic mass is 32.2. The van der Waals surface area contributed by atoms with Crippen LogP contribution in [0.2, 0.25) is 0 Å². The monoisotopic (exact) mass is 589 g/mol. The second kappa shape index (κ2) is 13.8. The average Bonchev–Trinajstić information content (AvgIpc) is 3.36. The number of rotatable bonds is 12. The van der Waals surface area contributed by atoms with Gasteiger partial charge in [0.2, 0.25) is 10.0 Å². The zero-order valence-electron chi connectivity index (χ0n) is 23.3. The van der Waals surface area contributed by atoms with Crippen molar-refractivity contribution in [3.05, 3.63) is 65.7 Å². The number of aliphatic hydroxyl groups is 1. The number of nitrogens with zero attached hydrogens (tertiary/aromatic N) is 3. The highest BCUT2D eigenvalue weighted by Gasteiger charge is 2.48. The Balaban J connectivity index is 1.67. The molecule has 0 aromatic heterocycles. The number of hydrogen-bond donors (Lipinski definition) is 3. The third-order valence-electron chi connectivity index (χ3n) is 7.59. The van der Waals surface area contributed by atoms with E-state index < -0.39 is 40.6 Å². The van der Waals surface area contributed by atoms with E-state index in [9.17, 15) is 23.4 Å². The van der Waals surface area contributed by atoms with Crippen molar-refractivity contribution in [2.45, 2.75) is 62.5 Å². The summed E-state index contributed by atoms with van der Waals surface area (Å²) in [6, 6.07) is 13.6. The van der Waals surface area contributed by atoms with Gasteiger partial charge in [-0.2, -0.15) is 4.31 Å². The first-order valence-corrected chi connectivity index (χ1v) is 15.3. The summed E-state index contributed by atoms with van der Waals surface area (Å²) < 4.78 is 40.3. The normalized spacial score (nSPS) is 22.6. The minimum atomic E-state index is -4.06. The smallest absolute Gasteiger partial charge is 0.407 e. The quantitative estimate of drug-likeness (QED) is 0.194. The van der Waals surface area contributed by atoms with Gasteiger partial charge in [0.15, 0.2) is 6.29 Å². The minimum absolute atomic E-state index is 0.0153. The molecule has 0 bridgehead atoms. The topological polar surface area (TPSA) is 149 Å². The van der Waals surface area contributed by atoms with Crippen LogP contribution in [0.4, 0.5) is 4.79 Å². The molecule has 2 heterocycles. The molecule has 0 aliphatic carbocycles. The maximum atomic E-state index is 13.8. The average molecular weight is 590 g/mol. The Bertz CT molecular complexity index is 1270. The molecule has 5 atom stereocenters. The van der Waals surface area contributed by atoms with Crippen LogP contribution in [0.25, 0.3) is 0 Å². The maximum Gasteiger partial charge on any atom is 0.407 e. The number of sulfonamides is 1. The molecule has 11 nitrogen and oxygen atoms in total.